The summed E-state index contributed by atoms with van der Waals surface area (Å²) in [6, 6.07) is 29.5. The number of rotatable bonds is 0. The van der Waals surface area contributed by atoms with E-state index in [9.17, 15) is 0 Å². The number of benzene rings is 3. The first kappa shape index (κ1) is 23.4. The Morgan fingerprint density at radius 2 is 1.56 bits per heavy atom. The fraction of sp³-hybridized carbons (Fsp3) is 0.189. The molecule has 0 fully saturated rings. The lowest BCUT2D eigenvalue weighted by Gasteiger charge is -2.20. The maximum absolute atomic E-state index is 6.99. The second-order valence-corrected chi connectivity index (χ2v) is 14.0. The van der Waals surface area contributed by atoms with Crippen LogP contribution in [0.1, 0.15) is 47.9 Å². The Morgan fingerprint density at radius 3 is 2.41 bits per heavy atom. The molecule has 0 bridgehead atoms. The van der Waals surface area contributed by atoms with E-state index in [4.69, 9.17) is 4.42 Å². The molecule has 0 saturated carbocycles. The monoisotopic (exact) mass is 550 g/mol. The zero-order valence-electron chi connectivity index (χ0n) is 23.9. The van der Waals surface area contributed by atoms with Gasteiger partial charge in [0.25, 0.3) is 0 Å². The van der Waals surface area contributed by atoms with Crippen LogP contribution in [0.4, 0.5) is 0 Å². The second-order valence-electron chi connectivity index (χ2n) is 12.8. The van der Waals surface area contributed by atoms with Crippen LogP contribution in [0.2, 0.25) is 0 Å². The van der Waals surface area contributed by atoms with Gasteiger partial charge in [0.2, 0.25) is 11.4 Å². The van der Waals surface area contributed by atoms with E-state index in [-0.39, 0.29) is 5.41 Å². The summed E-state index contributed by atoms with van der Waals surface area (Å²) < 4.78 is 13.2. The SMILES string of the molecule is Cc1ccc2[n+](c1)C1(c3ccccc3-2)c2ccc3c(oc4c3ccc3cc(C)sc34)c2-c2cc(C(C)(C)C)cc[n+]21. The van der Waals surface area contributed by atoms with Gasteiger partial charge in [-0.1, -0.05) is 39.0 Å². The molecule has 9 rings (SSSR count). The molecule has 7 aromatic rings. The van der Waals surface area contributed by atoms with Crippen molar-refractivity contribution in [3.05, 3.63) is 118 Å². The molecule has 1 unspecified atom stereocenters. The van der Waals surface area contributed by atoms with E-state index in [1.54, 1.807) is 0 Å². The average Bonchev–Trinajstić information content (AvgIpc) is 3.67. The van der Waals surface area contributed by atoms with E-state index in [0.29, 0.717) is 0 Å². The molecular formula is C37H30N2OS+2. The van der Waals surface area contributed by atoms with Crippen molar-refractivity contribution in [2.75, 3.05) is 0 Å². The number of furan rings is 1. The third kappa shape index (κ3) is 2.79. The van der Waals surface area contributed by atoms with Gasteiger partial charge in [0.05, 0.1) is 10.3 Å². The van der Waals surface area contributed by atoms with Gasteiger partial charge in [0, 0.05) is 39.4 Å². The van der Waals surface area contributed by atoms with Crippen molar-refractivity contribution >= 4 is 43.4 Å². The van der Waals surface area contributed by atoms with E-state index in [2.05, 4.69) is 135 Å². The first-order chi connectivity index (χ1) is 19.8. The summed E-state index contributed by atoms with van der Waals surface area (Å²) in [6.45, 7) is 11.2. The zero-order valence-corrected chi connectivity index (χ0v) is 24.7. The van der Waals surface area contributed by atoms with Crippen LogP contribution < -0.4 is 9.13 Å². The molecule has 0 aliphatic carbocycles. The number of aryl methyl sites for hydroxylation is 2. The van der Waals surface area contributed by atoms with Gasteiger partial charge in [-0.25, -0.2) is 0 Å². The third-order valence-electron chi connectivity index (χ3n) is 9.24. The lowest BCUT2D eigenvalue weighted by molar-refractivity contribution is -0.955. The van der Waals surface area contributed by atoms with Gasteiger partial charge in [-0.3, -0.25) is 0 Å². The van der Waals surface area contributed by atoms with Gasteiger partial charge in [-0.15, -0.1) is 20.5 Å². The first-order valence-corrected chi connectivity index (χ1v) is 15.2. The zero-order chi connectivity index (χ0) is 27.8. The minimum atomic E-state index is -0.541. The highest BCUT2D eigenvalue weighted by atomic mass is 32.1. The van der Waals surface area contributed by atoms with Crippen molar-refractivity contribution in [1.29, 1.82) is 0 Å². The molecule has 0 N–H and O–H groups in total. The van der Waals surface area contributed by atoms with Crippen LogP contribution in [0, 0.1) is 13.8 Å². The summed E-state index contributed by atoms with van der Waals surface area (Å²) in [4.78, 5) is 1.30. The van der Waals surface area contributed by atoms with Crippen molar-refractivity contribution < 1.29 is 13.6 Å². The number of fused-ring (bicyclic) bond motifs is 16. The summed E-state index contributed by atoms with van der Waals surface area (Å²) in [5, 5.41) is 3.62. The molecule has 41 heavy (non-hydrogen) atoms. The molecule has 3 aromatic carbocycles. The van der Waals surface area contributed by atoms with Crippen LogP contribution in [0.15, 0.2) is 95.7 Å². The van der Waals surface area contributed by atoms with Crippen LogP contribution in [0.5, 0.6) is 0 Å². The van der Waals surface area contributed by atoms with Crippen LogP contribution in [-0.2, 0) is 11.1 Å². The smallest absolute Gasteiger partial charge is 0.417 e. The number of hydrogen-bond donors (Lipinski definition) is 0. The summed E-state index contributed by atoms with van der Waals surface area (Å²) in [5.41, 5.74) is 11.5. The van der Waals surface area contributed by atoms with E-state index in [1.807, 2.05) is 11.3 Å². The van der Waals surface area contributed by atoms with Gasteiger partial charge in [-0.05, 0) is 72.7 Å². The second kappa shape index (κ2) is 7.51. The Hall–Kier alpha value is -4.28. The molecule has 6 heterocycles. The molecule has 0 saturated heterocycles. The van der Waals surface area contributed by atoms with E-state index < -0.39 is 5.66 Å². The van der Waals surface area contributed by atoms with E-state index in [0.717, 1.165) is 11.2 Å². The van der Waals surface area contributed by atoms with Crippen molar-refractivity contribution in [2.45, 2.75) is 45.7 Å². The Morgan fingerprint density at radius 1 is 0.756 bits per heavy atom. The van der Waals surface area contributed by atoms with Crippen molar-refractivity contribution in [2.24, 2.45) is 0 Å². The number of nitrogens with zero attached hydrogens (tertiary/aromatic N) is 2. The summed E-state index contributed by atoms with van der Waals surface area (Å²) >= 11 is 1.82. The number of hydrogen-bond acceptors (Lipinski definition) is 2. The number of pyridine rings is 2. The topological polar surface area (TPSA) is 20.9 Å². The first-order valence-electron chi connectivity index (χ1n) is 14.4. The quantitative estimate of drug-likeness (QED) is 0.173. The Balaban J connectivity index is 1.50. The van der Waals surface area contributed by atoms with E-state index >= 15 is 0 Å². The van der Waals surface area contributed by atoms with Gasteiger partial charge in [-0.2, -0.15) is 0 Å². The van der Waals surface area contributed by atoms with Crippen LogP contribution >= 0.6 is 11.3 Å². The molecule has 2 aliphatic heterocycles. The van der Waals surface area contributed by atoms with Gasteiger partial charge in [0.1, 0.15) is 22.3 Å². The highest BCUT2D eigenvalue weighted by Gasteiger charge is 2.67. The Kier molecular flexibility index (Phi) is 4.29. The highest BCUT2D eigenvalue weighted by Crippen LogP contribution is 2.51. The molecular weight excluding hydrogens is 520 g/mol. The Labute approximate surface area is 242 Å². The molecule has 4 heteroatoms. The van der Waals surface area contributed by atoms with Gasteiger partial charge < -0.3 is 4.42 Å². The third-order valence-corrected chi connectivity index (χ3v) is 10.3. The van der Waals surface area contributed by atoms with Crippen LogP contribution in [-0.4, -0.2) is 0 Å². The van der Waals surface area contributed by atoms with Gasteiger partial charge in [0.15, 0.2) is 18.0 Å². The van der Waals surface area contributed by atoms with Crippen molar-refractivity contribution in [1.82, 2.24) is 0 Å². The maximum Gasteiger partial charge on any atom is 0.417 e. The Bertz CT molecular complexity index is 2280. The lowest BCUT2D eigenvalue weighted by Crippen LogP contribution is -2.71. The van der Waals surface area contributed by atoms with Crippen LogP contribution in [0.25, 0.3) is 54.5 Å². The molecule has 3 nitrogen and oxygen atoms in total. The highest BCUT2D eigenvalue weighted by molar-refractivity contribution is 7.19. The molecule has 198 valence electrons. The predicted molar refractivity (Wildman–Crippen MR) is 167 cm³/mol. The molecule has 0 radical (unpaired) electrons. The number of aromatic nitrogens is 2. The largest absolute Gasteiger partial charge is 0.454 e. The van der Waals surface area contributed by atoms with Crippen molar-refractivity contribution in [3.8, 4) is 22.5 Å². The summed E-state index contributed by atoms with van der Waals surface area (Å²) in [6.07, 6.45) is 4.63. The van der Waals surface area contributed by atoms with Gasteiger partial charge >= 0.3 is 5.66 Å². The van der Waals surface area contributed by atoms with E-state index in [1.165, 1.54) is 70.5 Å². The molecule has 4 aromatic heterocycles. The molecule has 1 atom stereocenters. The lowest BCUT2D eigenvalue weighted by atomic mass is 9.86. The normalized spacial score (nSPS) is 17.0. The molecule has 0 amide bonds. The predicted octanol–water partition coefficient (Wildman–Crippen LogP) is 8.55. The maximum atomic E-state index is 6.99. The summed E-state index contributed by atoms with van der Waals surface area (Å²) in [7, 11) is 0. The number of thiophene rings is 1. The fourth-order valence-corrected chi connectivity index (χ4v) is 8.39. The molecule has 1 spiro atoms. The average molecular weight is 551 g/mol. The fourth-order valence-electron chi connectivity index (χ4n) is 7.39. The minimum Gasteiger partial charge on any atom is -0.454 e. The van der Waals surface area contributed by atoms with Crippen molar-refractivity contribution in [3.63, 3.8) is 0 Å². The molecule has 2 aliphatic rings. The standard InChI is InChI=1S/C37H30N2OS/c1-21-10-15-30-27-8-6-7-9-28(27)37(39(30)20-21)29-14-13-25-26-12-11-23-18-22(2)41-35(23)34(26)40-33(25)32(29)31-19-24(36(3,4)5)16-17-38(31)37/h6-20H,1-5H3/q+2. The van der Waals surface area contributed by atoms with Crippen LogP contribution in [0.3, 0.4) is 0 Å². The summed E-state index contributed by atoms with van der Waals surface area (Å²) in [5.74, 6) is 0. The minimum absolute atomic E-state index is 0.0170.